The Morgan fingerprint density at radius 1 is 1.31 bits per heavy atom. The topological polar surface area (TPSA) is 66.8 Å². The number of phosphoric ester groups is 1. The van der Waals surface area contributed by atoms with Crippen molar-refractivity contribution < 1.29 is 18.9 Å². The molecule has 0 saturated heterocycles. The van der Waals surface area contributed by atoms with Gasteiger partial charge in [0.05, 0.1) is 5.02 Å². The highest BCUT2D eigenvalue weighted by Gasteiger charge is 2.18. The predicted octanol–water partition coefficient (Wildman–Crippen LogP) is 2.46. The van der Waals surface area contributed by atoms with Gasteiger partial charge in [-0.1, -0.05) is 29.3 Å². The molecule has 4 nitrogen and oxygen atoms in total. The van der Waals surface area contributed by atoms with Crippen molar-refractivity contribution in [2.75, 3.05) is 0 Å². The highest BCUT2D eigenvalue weighted by Crippen LogP contribution is 2.42. The first-order chi connectivity index (χ1) is 5.90. The maximum absolute atomic E-state index is 10.4. The van der Waals surface area contributed by atoms with Crippen LogP contribution in [0.1, 0.15) is 0 Å². The van der Waals surface area contributed by atoms with E-state index in [1.165, 1.54) is 18.2 Å². The molecule has 0 unspecified atom stereocenters. The Morgan fingerprint density at radius 3 is 2.46 bits per heavy atom. The van der Waals surface area contributed by atoms with Gasteiger partial charge in [-0.15, -0.1) is 0 Å². The molecule has 7 heteroatoms. The normalized spacial score (nSPS) is 11.4. The molecular formula is C6H5Cl2O4P. The second-order valence-electron chi connectivity index (χ2n) is 2.13. The Morgan fingerprint density at radius 2 is 1.92 bits per heavy atom. The molecule has 1 aromatic carbocycles. The number of hydrogen-bond donors (Lipinski definition) is 2. The van der Waals surface area contributed by atoms with E-state index in [0.717, 1.165) is 0 Å². The fraction of sp³-hybridized carbons (Fsp3) is 0. The molecule has 0 fully saturated rings. The summed E-state index contributed by atoms with van der Waals surface area (Å²) < 4.78 is 14.7. The molecule has 13 heavy (non-hydrogen) atoms. The number of rotatable bonds is 2. The quantitative estimate of drug-likeness (QED) is 0.783. The third-order valence-electron chi connectivity index (χ3n) is 1.13. The predicted molar refractivity (Wildman–Crippen MR) is 49.1 cm³/mol. The molecule has 0 aromatic heterocycles. The summed E-state index contributed by atoms with van der Waals surface area (Å²) in [6.45, 7) is 0. The first-order valence-electron chi connectivity index (χ1n) is 3.09. The van der Waals surface area contributed by atoms with E-state index in [9.17, 15) is 4.57 Å². The van der Waals surface area contributed by atoms with Gasteiger partial charge in [-0.05, 0) is 12.1 Å². The molecule has 0 heterocycles. The maximum atomic E-state index is 10.4. The molecule has 0 saturated carbocycles. The van der Waals surface area contributed by atoms with E-state index in [1.54, 1.807) is 0 Å². The standard InChI is InChI=1S/C6H5Cl2O4P/c7-4-2-1-3-5(6(4)8)12-13(9,10)11/h1-3H,(H2,9,10,11). The van der Waals surface area contributed by atoms with Crippen LogP contribution in [-0.4, -0.2) is 9.79 Å². The molecule has 72 valence electrons. The zero-order chi connectivity index (χ0) is 10.1. The summed E-state index contributed by atoms with van der Waals surface area (Å²) in [5.41, 5.74) is 0. The van der Waals surface area contributed by atoms with Crippen molar-refractivity contribution in [2.45, 2.75) is 0 Å². The summed E-state index contributed by atoms with van der Waals surface area (Å²) in [7, 11) is -4.58. The molecule has 0 aliphatic heterocycles. The third-order valence-corrected chi connectivity index (χ3v) is 2.37. The third kappa shape index (κ3) is 3.18. The van der Waals surface area contributed by atoms with Crippen molar-refractivity contribution in [1.29, 1.82) is 0 Å². The lowest BCUT2D eigenvalue weighted by atomic mass is 10.3. The van der Waals surface area contributed by atoms with Gasteiger partial charge in [0.25, 0.3) is 0 Å². The molecule has 0 aliphatic carbocycles. The molecule has 1 rings (SSSR count). The Labute approximate surface area is 84.3 Å². The second-order valence-corrected chi connectivity index (χ2v) is 4.08. The maximum Gasteiger partial charge on any atom is 0.524 e. The van der Waals surface area contributed by atoms with Gasteiger partial charge in [0.2, 0.25) is 0 Å². The molecule has 0 spiro atoms. The van der Waals surface area contributed by atoms with Gasteiger partial charge in [0.1, 0.15) is 5.02 Å². The minimum Gasteiger partial charge on any atom is -0.403 e. The van der Waals surface area contributed by atoms with Crippen molar-refractivity contribution in [1.82, 2.24) is 0 Å². The monoisotopic (exact) mass is 242 g/mol. The summed E-state index contributed by atoms with van der Waals surface area (Å²) in [6, 6.07) is 4.27. The highest BCUT2D eigenvalue weighted by atomic mass is 35.5. The van der Waals surface area contributed by atoms with Crippen molar-refractivity contribution in [3.05, 3.63) is 28.2 Å². The van der Waals surface area contributed by atoms with E-state index >= 15 is 0 Å². The van der Waals surface area contributed by atoms with Crippen LogP contribution in [0.3, 0.4) is 0 Å². The Kier molecular flexibility index (Phi) is 3.22. The summed E-state index contributed by atoms with van der Waals surface area (Å²) >= 11 is 11.2. The second kappa shape index (κ2) is 3.86. The largest absolute Gasteiger partial charge is 0.524 e. The van der Waals surface area contributed by atoms with Crippen LogP contribution in [-0.2, 0) is 4.57 Å². The Bertz CT molecular complexity index is 362. The summed E-state index contributed by atoms with van der Waals surface area (Å²) in [5, 5.41) is 0.153. The van der Waals surface area contributed by atoms with Gasteiger partial charge >= 0.3 is 7.82 Å². The fourth-order valence-electron chi connectivity index (χ4n) is 0.683. The Balaban J connectivity index is 3.03. The van der Waals surface area contributed by atoms with E-state index in [2.05, 4.69) is 4.52 Å². The number of phosphoric acid groups is 1. The van der Waals surface area contributed by atoms with Crippen LogP contribution in [0.25, 0.3) is 0 Å². The molecule has 0 aliphatic rings. The smallest absolute Gasteiger partial charge is 0.403 e. The van der Waals surface area contributed by atoms with Crippen LogP contribution in [0.2, 0.25) is 10.0 Å². The van der Waals surface area contributed by atoms with Gasteiger partial charge in [-0.3, -0.25) is 9.79 Å². The van der Waals surface area contributed by atoms with Gasteiger partial charge in [0.15, 0.2) is 5.75 Å². The zero-order valence-electron chi connectivity index (χ0n) is 6.15. The molecule has 0 amide bonds. The van der Waals surface area contributed by atoms with Gasteiger partial charge in [-0.2, -0.15) is 0 Å². The average molecular weight is 243 g/mol. The molecule has 0 bridgehead atoms. The van der Waals surface area contributed by atoms with E-state index < -0.39 is 7.82 Å². The molecule has 0 radical (unpaired) electrons. The number of hydrogen-bond acceptors (Lipinski definition) is 2. The van der Waals surface area contributed by atoms with Crippen molar-refractivity contribution in [3.8, 4) is 5.75 Å². The lowest BCUT2D eigenvalue weighted by Crippen LogP contribution is -1.90. The number of halogens is 2. The van der Waals surface area contributed by atoms with Crippen molar-refractivity contribution >= 4 is 31.0 Å². The highest BCUT2D eigenvalue weighted by molar-refractivity contribution is 7.46. The van der Waals surface area contributed by atoms with E-state index in [1.807, 2.05) is 0 Å². The zero-order valence-corrected chi connectivity index (χ0v) is 8.55. The summed E-state index contributed by atoms with van der Waals surface area (Å²) in [4.78, 5) is 16.9. The van der Waals surface area contributed by atoms with Crippen LogP contribution in [0.5, 0.6) is 5.75 Å². The fourth-order valence-corrected chi connectivity index (χ4v) is 1.48. The summed E-state index contributed by atoms with van der Waals surface area (Å²) in [5.74, 6) is -0.137. The van der Waals surface area contributed by atoms with Crippen LogP contribution in [0.4, 0.5) is 0 Å². The Hall–Kier alpha value is -0.250. The van der Waals surface area contributed by atoms with E-state index in [-0.39, 0.29) is 15.8 Å². The molecule has 0 atom stereocenters. The lowest BCUT2D eigenvalue weighted by molar-refractivity contribution is 0.283. The first kappa shape index (κ1) is 10.8. The van der Waals surface area contributed by atoms with Crippen LogP contribution in [0, 0.1) is 0 Å². The van der Waals surface area contributed by atoms with E-state index in [4.69, 9.17) is 33.0 Å². The van der Waals surface area contributed by atoms with Gasteiger partial charge in [0, 0.05) is 0 Å². The SMILES string of the molecule is O=P(O)(O)Oc1cccc(Cl)c1Cl. The van der Waals surface area contributed by atoms with Gasteiger partial charge < -0.3 is 4.52 Å². The van der Waals surface area contributed by atoms with Crippen LogP contribution < -0.4 is 4.52 Å². The van der Waals surface area contributed by atoms with Gasteiger partial charge in [-0.25, -0.2) is 4.57 Å². The van der Waals surface area contributed by atoms with Crippen LogP contribution >= 0.6 is 31.0 Å². The molecule has 1 aromatic rings. The van der Waals surface area contributed by atoms with Crippen molar-refractivity contribution in [3.63, 3.8) is 0 Å². The minimum absolute atomic E-state index is 0.0208. The van der Waals surface area contributed by atoms with Crippen molar-refractivity contribution in [2.24, 2.45) is 0 Å². The average Bonchev–Trinajstić information content (AvgIpc) is 1.96. The molecule has 2 N–H and O–H groups in total. The minimum atomic E-state index is -4.58. The lowest BCUT2D eigenvalue weighted by Gasteiger charge is -2.08. The molecular weight excluding hydrogens is 238 g/mol. The van der Waals surface area contributed by atoms with Crippen LogP contribution in [0.15, 0.2) is 18.2 Å². The first-order valence-corrected chi connectivity index (χ1v) is 5.38. The van der Waals surface area contributed by atoms with E-state index in [0.29, 0.717) is 0 Å². The number of benzene rings is 1. The summed E-state index contributed by atoms with van der Waals surface area (Å²) in [6.07, 6.45) is 0.